The van der Waals surface area contributed by atoms with E-state index in [1.165, 1.54) is 5.39 Å². The van der Waals surface area contributed by atoms with Crippen LogP contribution in [0.25, 0.3) is 129 Å². The van der Waals surface area contributed by atoms with Crippen LogP contribution in [0, 0.1) is 0 Å². The molecule has 0 saturated carbocycles. The molecule has 0 N–H and O–H groups in total. The Hall–Kier alpha value is -9.40. The topological polar surface area (TPSA) is 95.4 Å². The van der Waals surface area contributed by atoms with E-state index in [9.17, 15) is 0 Å². The smallest absolute Gasteiger partial charge is 0.164 e. The molecule has 0 aliphatic heterocycles. The van der Waals surface area contributed by atoms with Gasteiger partial charge < -0.3 is 8.98 Å². The molecule has 4 heterocycles. The summed E-state index contributed by atoms with van der Waals surface area (Å²) >= 11 is 0. The number of benzene rings is 9. The first kappa shape index (κ1) is 39.0. The van der Waals surface area contributed by atoms with Crippen LogP contribution in [0.15, 0.2) is 229 Å². The standard InChI is InChI=1S/C60H37N7O/c1-5-16-38(17-6-1)55-61-56(39-18-7-2-8-19-39)63-59(62-55)42-28-32-45(33-29-42)67-50-26-14-13-24-46(50)48-36-43(30-34-51(48)67)44-31-35-52-49(37-44)54-47(25-15-27-53(54)68-52)60-65-57(40-20-9-3-10-21-40)64-58(66-60)41-22-11-4-12-23-41/h1-37H. The van der Waals surface area contributed by atoms with Gasteiger partial charge in [-0.25, -0.2) is 29.9 Å². The molecule has 68 heavy (non-hydrogen) atoms. The molecule has 0 bridgehead atoms. The summed E-state index contributed by atoms with van der Waals surface area (Å²) in [5.74, 6) is 3.69. The highest BCUT2D eigenvalue weighted by atomic mass is 16.3. The van der Waals surface area contributed by atoms with Crippen LogP contribution in [0.2, 0.25) is 0 Å². The van der Waals surface area contributed by atoms with Gasteiger partial charge in [0.15, 0.2) is 34.9 Å². The number of aromatic nitrogens is 7. The molecule has 0 unspecified atom stereocenters. The fraction of sp³-hybridized carbons (Fsp3) is 0. The highest BCUT2D eigenvalue weighted by molar-refractivity contribution is 6.14. The van der Waals surface area contributed by atoms with Crippen molar-refractivity contribution >= 4 is 43.7 Å². The van der Waals surface area contributed by atoms with Crippen LogP contribution in [-0.2, 0) is 0 Å². The summed E-state index contributed by atoms with van der Waals surface area (Å²) in [6, 6.07) is 76.6. The lowest BCUT2D eigenvalue weighted by Crippen LogP contribution is -2.00. The monoisotopic (exact) mass is 871 g/mol. The van der Waals surface area contributed by atoms with Crippen molar-refractivity contribution in [2.45, 2.75) is 0 Å². The van der Waals surface area contributed by atoms with Gasteiger partial charge in [-0.2, -0.15) is 0 Å². The lowest BCUT2D eigenvalue weighted by atomic mass is 9.99. The van der Waals surface area contributed by atoms with E-state index < -0.39 is 0 Å². The summed E-state index contributed by atoms with van der Waals surface area (Å²) in [7, 11) is 0. The Kier molecular flexibility index (Phi) is 9.31. The van der Waals surface area contributed by atoms with Gasteiger partial charge in [-0.05, 0) is 71.8 Å². The molecule has 8 nitrogen and oxygen atoms in total. The van der Waals surface area contributed by atoms with E-state index in [0.717, 1.165) is 88.6 Å². The van der Waals surface area contributed by atoms with E-state index in [2.05, 4.69) is 95.6 Å². The van der Waals surface area contributed by atoms with E-state index in [0.29, 0.717) is 34.9 Å². The number of rotatable bonds is 8. The zero-order valence-corrected chi connectivity index (χ0v) is 36.4. The Morgan fingerprint density at radius 3 is 1.25 bits per heavy atom. The Labute approximate surface area is 390 Å². The number of hydrogen-bond acceptors (Lipinski definition) is 7. The summed E-state index contributed by atoms with van der Waals surface area (Å²) in [5.41, 5.74) is 12.5. The Balaban J connectivity index is 0.901. The van der Waals surface area contributed by atoms with Crippen molar-refractivity contribution in [3.05, 3.63) is 224 Å². The molecule has 0 fully saturated rings. The molecule has 13 rings (SSSR count). The zero-order chi connectivity index (χ0) is 45.0. The minimum atomic E-state index is 0.584. The second kappa shape index (κ2) is 16.2. The van der Waals surface area contributed by atoms with Gasteiger partial charge in [0.25, 0.3) is 0 Å². The number of fused-ring (bicyclic) bond motifs is 6. The third-order valence-electron chi connectivity index (χ3n) is 12.5. The minimum absolute atomic E-state index is 0.584. The van der Waals surface area contributed by atoms with Gasteiger partial charge in [0.1, 0.15) is 11.2 Å². The van der Waals surface area contributed by atoms with E-state index in [1.807, 2.05) is 133 Å². The Morgan fingerprint density at radius 1 is 0.279 bits per heavy atom. The lowest BCUT2D eigenvalue weighted by molar-refractivity contribution is 0.669. The predicted molar refractivity (Wildman–Crippen MR) is 273 cm³/mol. The van der Waals surface area contributed by atoms with Crippen molar-refractivity contribution in [2.75, 3.05) is 0 Å². The normalized spacial score (nSPS) is 11.5. The quantitative estimate of drug-likeness (QED) is 0.150. The molecule has 318 valence electrons. The second-order valence-electron chi connectivity index (χ2n) is 16.7. The maximum Gasteiger partial charge on any atom is 0.164 e. The molecule has 0 saturated heterocycles. The molecular weight excluding hydrogens is 835 g/mol. The van der Waals surface area contributed by atoms with Gasteiger partial charge >= 0.3 is 0 Å². The van der Waals surface area contributed by atoms with Crippen molar-refractivity contribution in [1.29, 1.82) is 0 Å². The Morgan fingerprint density at radius 2 is 0.706 bits per heavy atom. The minimum Gasteiger partial charge on any atom is -0.456 e. The molecule has 0 atom stereocenters. The fourth-order valence-electron chi connectivity index (χ4n) is 9.25. The molecule has 4 aromatic heterocycles. The average molecular weight is 872 g/mol. The van der Waals surface area contributed by atoms with Crippen LogP contribution in [0.1, 0.15) is 0 Å². The molecule has 0 radical (unpaired) electrons. The number of nitrogens with zero attached hydrogens (tertiary/aromatic N) is 7. The molecule has 0 amide bonds. The van der Waals surface area contributed by atoms with Gasteiger partial charge in [0, 0.05) is 60.6 Å². The first-order chi connectivity index (χ1) is 33.7. The first-order valence-electron chi connectivity index (χ1n) is 22.5. The zero-order valence-electron chi connectivity index (χ0n) is 36.4. The second-order valence-corrected chi connectivity index (χ2v) is 16.7. The van der Waals surface area contributed by atoms with Crippen LogP contribution in [-0.4, -0.2) is 34.5 Å². The molecule has 9 aromatic carbocycles. The summed E-state index contributed by atoms with van der Waals surface area (Å²) < 4.78 is 8.85. The third-order valence-corrected chi connectivity index (χ3v) is 12.5. The fourth-order valence-corrected chi connectivity index (χ4v) is 9.25. The number of hydrogen-bond donors (Lipinski definition) is 0. The van der Waals surface area contributed by atoms with Crippen molar-refractivity contribution in [3.63, 3.8) is 0 Å². The van der Waals surface area contributed by atoms with E-state index in [1.54, 1.807) is 0 Å². The molecule has 13 aromatic rings. The predicted octanol–water partition coefficient (Wildman–Crippen LogP) is 14.7. The van der Waals surface area contributed by atoms with E-state index >= 15 is 0 Å². The molecule has 0 spiro atoms. The largest absolute Gasteiger partial charge is 0.456 e. The van der Waals surface area contributed by atoms with Gasteiger partial charge in [-0.1, -0.05) is 164 Å². The van der Waals surface area contributed by atoms with E-state index in [4.69, 9.17) is 34.3 Å². The van der Waals surface area contributed by atoms with Crippen LogP contribution in [0.4, 0.5) is 0 Å². The van der Waals surface area contributed by atoms with Crippen LogP contribution in [0.5, 0.6) is 0 Å². The molecule has 8 heteroatoms. The average Bonchev–Trinajstić information content (AvgIpc) is 3.97. The van der Waals surface area contributed by atoms with Crippen LogP contribution < -0.4 is 0 Å². The van der Waals surface area contributed by atoms with Crippen LogP contribution >= 0.6 is 0 Å². The first-order valence-corrected chi connectivity index (χ1v) is 22.5. The van der Waals surface area contributed by atoms with Crippen molar-refractivity contribution < 1.29 is 4.42 Å². The number of para-hydroxylation sites is 1. The van der Waals surface area contributed by atoms with Gasteiger partial charge in [0.2, 0.25) is 0 Å². The van der Waals surface area contributed by atoms with Gasteiger partial charge in [0.05, 0.1) is 11.0 Å². The SMILES string of the molecule is c1ccc(-c2nc(-c3ccccc3)nc(-c3ccc(-n4c5ccccc5c5cc(-c6ccc7oc8cccc(-c9nc(-c%10ccccc%10)nc(-c%10ccccc%10)n9)c8c7c6)ccc54)cc3)n2)cc1. The van der Waals surface area contributed by atoms with E-state index in [-0.39, 0.29) is 0 Å². The third kappa shape index (κ3) is 6.87. The maximum atomic E-state index is 6.52. The maximum absolute atomic E-state index is 6.52. The molecular formula is C60H37N7O. The van der Waals surface area contributed by atoms with Crippen molar-refractivity contribution in [1.82, 2.24) is 34.5 Å². The summed E-state index contributed by atoms with van der Waals surface area (Å²) in [6.45, 7) is 0. The number of furan rings is 1. The van der Waals surface area contributed by atoms with Crippen molar-refractivity contribution in [2.24, 2.45) is 0 Å². The molecule has 0 aliphatic rings. The highest BCUT2D eigenvalue weighted by Crippen LogP contribution is 2.40. The molecule has 0 aliphatic carbocycles. The van der Waals surface area contributed by atoms with Crippen molar-refractivity contribution in [3.8, 4) is 85.1 Å². The lowest BCUT2D eigenvalue weighted by Gasteiger charge is -2.11. The van der Waals surface area contributed by atoms with Gasteiger partial charge in [-0.3, -0.25) is 0 Å². The van der Waals surface area contributed by atoms with Crippen LogP contribution in [0.3, 0.4) is 0 Å². The van der Waals surface area contributed by atoms with Gasteiger partial charge in [-0.15, -0.1) is 0 Å². The summed E-state index contributed by atoms with van der Waals surface area (Å²) in [6.07, 6.45) is 0. The Bertz CT molecular complexity index is 3890. The summed E-state index contributed by atoms with van der Waals surface area (Å²) in [5, 5.41) is 4.27. The highest BCUT2D eigenvalue weighted by Gasteiger charge is 2.20. The summed E-state index contributed by atoms with van der Waals surface area (Å²) in [4.78, 5) is 29.9.